The van der Waals surface area contributed by atoms with Crippen molar-refractivity contribution < 1.29 is 0 Å². The normalized spacial score (nSPS) is 11.3. The van der Waals surface area contributed by atoms with Gasteiger partial charge in [-0.2, -0.15) is 0 Å². The van der Waals surface area contributed by atoms with E-state index in [1.807, 2.05) is 0 Å². The minimum absolute atomic E-state index is 0.886. The fourth-order valence-electron chi connectivity index (χ4n) is 3.34. The zero-order chi connectivity index (χ0) is 18.1. The van der Waals surface area contributed by atoms with Crippen molar-refractivity contribution in [2.75, 3.05) is 0 Å². The molecule has 0 radical (unpaired) electrons. The topological polar surface area (TPSA) is 30.7 Å². The second kappa shape index (κ2) is 7.25. The molecule has 2 aromatic heterocycles. The molecule has 0 spiro atoms. The Balaban J connectivity index is 1.61. The summed E-state index contributed by atoms with van der Waals surface area (Å²) in [5.41, 5.74) is 3.94. The molecule has 0 aliphatic heterocycles. The lowest BCUT2D eigenvalue weighted by Crippen LogP contribution is -1.96. The summed E-state index contributed by atoms with van der Waals surface area (Å²) in [6.45, 7) is 4.38. The van der Waals surface area contributed by atoms with E-state index in [0.717, 1.165) is 23.2 Å². The predicted molar refractivity (Wildman–Crippen MR) is 112 cm³/mol. The molecule has 2 heterocycles. The monoisotopic (exact) mass is 379 g/mol. The Bertz CT molecular complexity index is 1060. The van der Waals surface area contributed by atoms with Crippen LogP contribution in [0, 0.1) is 6.92 Å². The molecule has 0 bridgehead atoms. The van der Waals surface area contributed by atoms with Gasteiger partial charge in [-0.05, 0) is 35.2 Å². The SMILES string of the molecule is CCc1c(-c2nnc(SCc3cccc4ccccc34)n2C)csc1C. The molecule has 4 aromatic rings. The van der Waals surface area contributed by atoms with Gasteiger partial charge < -0.3 is 4.57 Å². The fourth-order valence-corrected chi connectivity index (χ4v) is 5.20. The average Bonchev–Trinajstić information content (AvgIpc) is 3.21. The Morgan fingerprint density at radius 1 is 1.08 bits per heavy atom. The van der Waals surface area contributed by atoms with E-state index in [0.29, 0.717) is 0 Å². The summed E-state index contributed by atoms with van der Waals surface area (Å²) in [5.74, 6) is 1.85. The predicted octanol–water partition coefficient (Wildman–Crippen LogP) is 5.86. The molecule has 0 aliphatic rings. The average molecular weight is 380 g/mol. The highest BCUT2D eigenvalue weighted by Gasteiger charge is 2.16. The Kier molecular flexibility index (Phi) is 4.83. The van der Waals surface area contributed by atoms with Crippen LogP contribution in [-0.2, 0) is 19.2 Å². The molecule has 0 aliphatic carbocycles. The number of nitrogens with zero attached hydrogens (tertiary/aromatic N) is 3. The summed E-state index contributed by atoms with van der Waals surface area (Å²) in [5, 5.41) is 14.7. The van der Waals surface area contributed by atoms with E-state index in [1.165, 1.54) is 32.3 Å². The van der Waals surface area contributed by atoms with Crippen molar-refractivity contribution in [1.29, 1.82) is 0 Å². The highest BCUT2D eigenvalue weighted by Crippen LogP contribution is 2.33. The summed E-state index contributed by atoms with van der Waals surface area (Å²) in [6, 6.07) is 15.0. The summed E-state index contributed by atoms with van der Waals surface area (Å²) in [7, 11) is 2.06. The maximum absolute atomic E-state index is 4.48. The number of thiophene rings is 1. The van der Waals surface area contributed by atoms with Crippen LogP contribution in [0.4, 0.5) is 0 Å². The first-order chi connectivity index (χ1) is 12.7. The maximum atomic E-state index is 4.48. The van der Waals surface area contributed by atoms with Gasteiger partial charge in [-0.15, -0.1) is 21.5 Å². The Labute approximate surface area is 162 Å². The van der Waals surface area contributed by atoms with Crippen LogP contribution < -0.4 is 0 Å². The molecule has 0 unspecified atom stereocenters. The summed E-state index contributed by atoms with van der Waals surface area (Å²) < 4.78 is 2.12. The molecular formula is C21H21N3S2. The molecule has 3 nitrogen and oxygen atoms in total. The summed E-state index contributed by atoms with van der Waals surface area (Å²) in [6.07, 6.45) is 1.02. The third-order valence-electron chi connectivity index (χ3n) is 4.77. The Morgan fingerprint density at radius 2 is 1.88 bits per heavy atom. The minimum atomic E-state index is 0.886. The number of thioether (sulfide) groups is 1. The van der Waals surface area contributed by atoms with E-state index in [9.17, 15) is 0 Å². The lowest BCUT2D eigenvalue weighted by molar-refractivity contribution is 0.793. The van der Waals surface area contributed by atoms with Crippen LogP contribution in [0.3, 0.4) is 0 Å². The van der Waals surface area contributed by atoms with Gasteiger partial charge in [0.1, 0.15) is 0 Å². The fraction of sp³-hybridized carbons (Fsp3) is 0.238. The molecule has 0 saturated heterocycles. The Hall–Kier alpha value is -2.11. The van der Waals surface area contributed by atoms with Crippen LogP contribution in [0.2, 0.25) is 0 Å². The van der Waals surface area contributed by atoms with Gasteiger partial charge in [0.15, 0.2) is 11.0 Å². The number of aromatic nitrogens is 3. The van der Waals surface area contributed by atoms with Crippen LogP contribution >= 0.6 is 23.1 Å². The highest BCUT2D eigenvalue weighted by molar-refractivity contribution is 7.98. The number of rotatable bonds is 5. The van der Waals surface area contributed by atoms with Gasteiger partial charge in [-0.1, -0.05) is 61.2 Å². The van der Waals surface area contributed by atoms with E-state index in [1.54, 1.807) is 23.1 Å². The third-order valence-corrected chi connectivity index (χ3v) is 6.79. The minimum Gasteiger partial charge on any atom is -0.305 e. The standard InChI is InChI=1S/C21H21N3S2/c1-4-17-14(2)25-13-19(17)20-22-23-21(24(20)3)26-12-16-10-7-9-15-8-5-6-11-18(15)16/h5-11,13H,4,12H2,1-3H3. The van der Waals surface area contributed by atoms with E-state index in [4.69, 9.17) is 0 Å². The van der Waals surface area contributed by atoms with Crippen molar-refractivity contribution >= 4 is 33.9 Å². The van der Waals surface area contributed by atoms with Crippen molar-refractivity contribution in [2.45, 2.75) is 31.2 Å². The van der Waals surface area contributed by atoms with Crippen LogP contribution in [0.5, 0.6) is 0 Å². The molecule has 0 amide bonds. The van der Waals surface area contributed by atoms with Gasteiger partial charge in [0, 0.05) is 28.6 Å². The number of benzene rings is 2. The van der Waals surface area contributed by atoms with Crippen LogP contribution in [0.25, 0.3) is 22.2 Å². The first-order valence-electron chi connectivity index (χ1n) is 8.75. The van der Waals surface area contributed by atoms with Gasteiger partial charge in [-0.25, -0.2) is 0 Å². The first kappa shape index (κ1) is 17.3. The number of hydrogen-bond donors (Lipinski definition) is 0. The Morgan fingerprint density at radius 3 is 2.73 bits per heavy atom. The van der Waals surface area contributed by atoms with E-state index >= 15 is 0 Å². The summed E-state index contributed by atoms with van der Waals surface area (Å²) >= 11 is 3.54. The molecule has 0 N–H and O–H groups in total. The van der Waals surface area contributed by atoms with Gasteiger partial charge in [0.25, 0.3) is 0 Å². The third kappa shape index (κ3) is 3.06. The largest absolute Gasteiger partial charge is 0.305 e. The maximum Gasteiger partial charge on any atom is 0.191 e. The van der Waals surface area contributed by atoms with Crippen LogP contribution in [-0.4, -0.2) is 14.8 Å². The van der Waals surface area contributed by atoms with E-state index < -0.39 is 0 Å². The van der Waals surface area contributed by atoms with Crippen molar-refractivity contribution in [3.63, 3.8) is 0 Å². The quantitative estimate of drug-likeness (QED) is 0.407. The van der Waals surface area contributed by atoms with Crippen molar-refractivity contribution in [3.8, 4) is 11.4 Å². The zero-order valence-electron chi connectivity index (χ0n) is 15.2. The van der Waals surface area contributed by atoms with Crippen LogP contribution in [0.15, 0.2) is 53.0 Å². The molecule has 26 heavy (non-hydrogen) atoms. The molecule has 5 heteroatoms. The number of aryl methyl sites for hydroxylation is 1. The lowest BCUT2D eigenvalue weighted by atomic mass is 10.1. The van der Waals surface area contributed by atoms with E-state index in [-0.39, 0.29) is 0 Å². The molecular weight excluding hydrogens is 358 g/mol. The van der Waals surface area contributed by atoms with Crippen molar-refractivity contribution in [1.82, 2.24) is 14.8 Å². The smallest absolute Gasteiger partial charge is 0.191 e. The van der Waals surface area contributed by atoms with Crippen molar-refractivity contribution in [3.05, 3.63) is 63.8 Å². The number of fused-ring (bicyclic) bond motifs is 1. The van der Waals surface area contributed by atoms with E-state index in [2.05, 4.69) is 83.5 Å². The lowest BCUT2D eigenvalue weighted by Gasteiger charge is -2.07. The zero-order valence-corrected chi connectivity index (χ0v) is 16.8. The molecule has 2 aromatic carbocycles. The van der Waals surface area contributed by atoms with Crippen LogP contribution in [0.1, 0.15) is 22.9 Å². The van der Waals surface area contributed by atoms with Crippen molar-refractivity contribution in [2.24, 2.45) is 7.05 Å². The molecule has 0 saturated carbocycles. The molecule has 0 fully saturated rings. The van der Waals surface area contributed by atoms with Gasteiger partial charge in [0.05, 0.1) is 0 Å². The molecule has 4 rings (SSSR count). The number of hydrogen-bond acceptors (Lipinski definition) is 4. The molecule has 132 valence electrons. The second-order valence-corrected chi connectivity index (χ2v) is 8.36. The second-order valence-electron chi connectivity index (χ2n) is 6.33. The van der Waals surface area contributed by atoms with Gasteiger partial charge in [0.2, 0.25) is 0 Å². The highest BCUT2D eigenvalue weighted by atomic mass is 32.2. The first-order valence-corrected chi connectivity index (χ1v) is 10.6. The van der Waals surface area contributed by atoms with Gasteiger partial charge >= 0.3 is 0 Å². The van der Waals surface area contributed by atoms with Gasteiger partial charge in [-0.3, -0.25) is 0 Å². The summed E-state index contributed by atoms with van der Waals surface area (Å²) in [4.78, 5) is 1.37. The molecule has 0 atom stereocenters.